The van der Waals surface area contributed by atoms with Gasteiger partial charge in [0.2, 0.25) is 0 Å². The zero-order valence-electron chi connectivity index (χ0n) is 8.00. The summed E-state index contributed by atoms with van der Waals surface area (Å²) in [4.78, 5) is 11.2. The summed E-state index contributed by atoms with van der Waals surface area (Å²) in [5, 5.41) is 0. The highest BCUT2D eigenvalue weighted by molar-refractivity contribution is 5.96. The molecule has 0 heterocycles. The van der Waals surface area contributed by atoms with Gasteiger partial charge in [0, 0.05) is 5.56 Å². The summed E-state index contributed by atoms with van der Waals surface area (Å²) >= 11 is 0. The van der Waals surface area contributed by atoms with Gasteiger partial charge in [-0.25, -0.2) is 4.39 Å². The van der Waals surface area contributed by atoms with Gasteiger partial charge in [-0.3, -0.25) is 4.79 Å². The molecule has 0 N–H and O–H groups in total. The van der Waals surface area contributed by atoms with Gasteiger partial charge in [0.25, 0.3) is 6.36 Å². The Morgan fingerprint density at radius 1 is 1.25 bits per heavy atom. The standard InChI is InChI=1S/C10H8F4O2/c11-9(10(12,13)14)16-6-8(15)7-4-2-1-3-5-7/h1-5,9H,6H2. The third kappa shape index (κ3) is 3.62. The number of carbonyl (C=O) groups is 1. The Morgan fingerprint density at radius 2 is 1.81 bits per heavy atom. The number of halogens is 4. The highest BCUT2D eigenvalue weighted by atomic mass is 19.4. The fourth-order valence-corrected chi connectivity index (χ4v) is 0.951. The molecule has 0 saturated heterocycles. The van der Waals surface area contributed by atoms with E-state index in [2.05, 4.69) is 4.74 Å². The van der Waals surface area contributed by atoms with Gasteiger partial charge in [-0.15, -0.1) is 0 Å². The topological polar surface area (TPSA) is 26.3 Å². The lowest BCUT2D eigenvalue weighted by Crippen LogP contribution is -2.29. The van der Waals surface area contributed by atoms with Gasteiger partial charge in [0.1, 0.15) is 6.61 Å². The van der Waals surface area contributed by atoms with Crippen molar-refractivity contribution in [2.45, 2.75) is 12.5 Å². The molecule has 0 saturated carbocycles. The van der Waals surface area contributed by atoms with Crippen LogP contribution in [0.4, 0.5) is 17.6 Å². The number of hydrogen-bond donors (Lipinski definition) is 0. The zero-order chi connectivity index (χ0) is 12.2. The number of alkyl halides is 4. The van der Waals surface area contributed by atoms with Crippen molar-refractivity contribution in [3.63, 3.8) is 0 Å². The Labute approximate surface area is 88.8 Å². The van der Waals surface area contributed by atoms with Crippen LogP contribution in [0.2, 0.25) is 0 Å². The van der Waals surface area contributed by atoms with E-state index in [1.807, 2.05) is 0 Å². The molecule has 0 aromatic heterocycles. The largest absolute Gasteiger partial charge is 0.445 e. The van der Waals surface area contributed by atoms with Crippen molar-refractivity contribution in [1.29, 1.82) is 0 Å². The zero-order valence-corrected chi connectivity index (χ0v) is 8.00. The van der Waals surface area contributed by atoms with Crippen LogP contribution in [-0.2, 0) is 4.74 Å². The summed E-state index contributed by atoms with van der Waals surface area (Å²) in [6, 6.07) is 7.55. The molecule has 2 nitrogen and oxygen atoms in total. The van der Waals surface area contributed by atoms with E-state index < -0.39 is 24.9 Å². The van der Waals surface area contributed by atoms with E-state index in [1.165, 1.54) is 12.1 Å². The first-order valence-corrected chi connectivity index (χ1v) is 4.32. The molecular formula is C10H8F4O2. The third-order valence-corrected chi connectivity index (χ3v) is 1.71. The van der Waals surface area contributed by atoms with E-state index in [4.69, 9.17) is 0 Å². The fraction of sp³-hybridized carbons (Fsp3) is 0.300. The summed E-state index contributed by atoms with van der Waals surface area (Å²) in [6.07, 6.45) is -8.53. The lowest BCUT2D eigenvalue weighted by Gasteiger charge is -2.12. The molecule has 1 rings (SSSR count). The first-order chi connectivity index (χ1) is 7.41. The number of hydrogen-bond acceptors (Lipinski definition) is 2. The van der Waals surface area contributed by atoms with Gasteiger partial charge >= 0.3 is 6.18 Å². The van der Waals surface area contributed by atoms with Crippen LogP contribution in [0.3, 0.4) is 0 Å². The van der Waals surface area contributed by atoms with Gasteiger partial charge in [-0.2, -0.15) is 13.2 Å². The predicted octanol–water partition coefficient (Wildman–Crippen LogP) is 2.74. The molecule has 0 aliphatic carbocycles. The molecule has 0 aliphatic rings. The van der Waals surface area contributed by atoms with Crippen molar-refractivity contribution in [2.75, 3.05) is 6.61 Å². The SMILES string of the molecule is O=C(COC(F)C(F)(F)F)c1ccccc1. The number of benzene rings is 1. The number of ether oxygens (including phenoxy) is 1. The smallest absolute Gasteiger partial charge is 0.333 e. The van der Waals surface area contributed by atoms with Crippen molar-refractivity contribution in [3.8, 4) is 0 Å². The first kappa shape index (κ1) is 12.6. The maximum absolute atomic E-state index is 12.3. The van der Waals surface area contributed by atoms with Gasteiger partial charge in [-0.1, -0.05) is 30.3 Å². The minimum absolute atomic E-state index is 0.178. The average molecular weight is 236 g/mol. The lowest BCUT2D eigenvalue weighted by atomic mass is 10.1. The fourth-order valence-electron chi connectivity index (χ4n) is 0.951. The maximum Gasteiger partial charge on any atom is 0.445 e. The molecule has 0 spiro atoms. The maximum atomic E-state index is 12.3. The molecule has 1 unspecified atom stereocenters. The minimum Gasteiger partial charge on any atom is -0.333 e. The average Bonchev–Trinajstić information content (AvgIpc) is 2.25. The molecule has 6 heteroatoms. The Morgan fingerprint density at radius 3 is 2.31 bits per heavy atom. The summed E-state index contributed by atoms with van der Waals surface area (Å²) < 4.78 is 51.1. The normalized spacial score (nSPS) is 13.5. The van der Waals surface area contributed by atoms with E-state index in [0.29, 0.717) is 0 Å². The van der Waals surface area contributed by atoms with Crippen LogP contribution in [0, 0.1) is 0 Å². The first-order valence-electron chi connectivity index (χ1n) is 4.32. The Balaban J connectivity index is 2.48. The van der Waals surface area contributed by atoms with E-state index >= 15 is 0 Å². The molecular weight excluding hydrogens is 228 g/mol. The molecule has 1 atom stereocenters. The molecule has 0 bridgehead atoms. The van der Waals surface area contributed by atoms with E-state index in [1.54, 1.807) is 18.2 Å². The van der Waals surface area contributed by atoms with Crippen LogP contribution in [0.1, 0.15) is 10.4 Å². The van der Waals surface area contributed by atoms with Crippen molar-refractivity contribution < 1.29 is 27.1 Å². The third-order valence-electron chi connectivity index (χ3n) is 1.71. The molecule has 1 aromatic rings. The second-order valence-electron chi connectivity index (χ2n) is 2.96. The quantitative estimate of drug-likeness (QED) is 0.593. The van der Waals surface area contributed by atoms with Crippen molar-refractivity contribution >= 4 is 5.78 Å². The molecule has 0 radical (unpaired) electrons. The molecule has 1 aromatic carbocycles. The number of carbonyl (C=O) groups excluding carboxylic acids is 1. The van der Waals surface area contributed by atoms with E-state index in [9.17, 15) is 22.4 Å². The minimum atomic E-state index is -5.10. The van der Waals surface area contributed by atoms with Gasteiger partial charge in [0.05, 0.1) is 0 Å². The van der Waals surface area contributed by atoms with Crippen LogP contribution in [0.15, 0.2) is 30.3 Å². The second kappa shape index (κ2) is 5.07. The number of rotatable bonds is 4. The van der Waals surface area contributed by atoms with Crippen LogP contribution in [0.5, 0.6) is 0 Å². The Kier molecular flexibility index (Phi) is 4.00. The van der Waals surface area contributed by atoms with Crippen LogP contribution in [-0.4, -0.2) is 24.9 Å². The second-order valence-corrected chi connectivity index (χ2v) is 2.96. The Hall–Kier alpha value is -1.43. The van der Waals surface area contributed by atoms with Gasteiger partial charge < -0.3 is 4.74 Å². The monoisotopic (exact) mass is 236 g/mol. The van der Waals surface area contributed by atoms with Gasteiger partial charge in [-0.05, 0) is 0 Å². The van der Waals surface area contributed by atoms with Crippen LogP contribution >= 0.6 is 0 Å². The van der Waals surface area contributed by atoms with Crippen molar-refractivity contribution in [3.05, 3.63) is 35.9 Å². The lowest BCUT2D eigenvalue weighted by molar-refractivity contribution is -0.260. The summed E-state index contributed by atoms with van der Waals surface area (Å²) in [7, 11) is 0. The van der Waals surface area contributed by atoms with Crippen LogP contribution < -0.4 is 0 Å². The Bertz CT molecular complexity index is 348. The molecule has 0 fully saturated rings. The van der Waals surface area contributed by atoms with Crippen molar-refractivity contribution in [2.24, 2.45) is 0 Å². The summed E-state index contributed by atoms with van der Waals surface area (Å²) in [5.41, 5.74) is 0.178. The van der Waals surface area contributed by atoms with Crippen molar-refractivity contribution in [1.82, 2.24) is 0 Å². The van der Waals surface area contributed by atoms with E-state index in [0.717, 1.165) is 0 Å². The molecule has 0 aliphatic heterocycles. The molecule has 16 heavy (non-hydrogen) atoms. The van der Waals surface area contributed by atoms with Gasteiger partial charge in [0.15, 0.2) is 5.78 Å². The predicted molar refractivity (Wildman–Crippen MR) is 47.7 cm³/mol. The summed E-state index contributed by atoms with van der Waals surface area (Å²) in [6.45, 7) is -0.940. The number of ketones is 1. The number of Topliss-reactive ketones (excluding diaryl/α,β-unsaturated/α-hetero) is 1. The van der Waals surface area contributed by atoms with E-state index in [-0.39, 0.29) is 5.56 Å². The van der Waals surface area contributed by atoms with Crippen LogP contribution in [0.25, 0.3) is 0 Å². The molecule has 0 amide bonds. The summed E-state index contributed by atoms with van der Waals surface area (Å²) in [5.74, 6) is -0.701. The molecule has 88 valence electrons. The highest BCUT2D eigenvalue weighted by Gasteiger charge is 2.41. The highest BCUT2D eigenvalue weighted by Crippen LogP contribution is 2.23.